The molecular weight excluding hydrogens is 713 g/mol. The first kappa shape index (κ1) is 26.2. The minimum Gasteiger partial charge on any atom is -0.487 e. The number of carbonyl (C=O) groups excluding carboxylic acids is 1. The second-order valence-electron chi connectivity index (χ2n) is 8.31. The molecule has 1 aliphatic heterocycles. The summed E-state index contributed by atoms with van der Waals surface area (Å²) in [4.78, 5) is 19.9. The molecule has 186 valence electrons. The summed E-state index contributed by atoms with van der Waals surface area (Å²) in [5.74, 6) is 0.423. The Morgan fingerprint density at radius 3 is 2.38 bits per heavy atom. The van der Waals surface area contributed by atoms with Gasteiger partial charge in [0.25, 0.3) is 5.91 Å². The highest BCUT2D eigenvalue weighted by Gasteiger charge is 2.32. The van der Waals surface area contributed by atoms with Crippen LogP contribution in [0.2, 0.25) is 0 Å². The average Bonchev–Trinajstić information content (AvgIpc) is 3.18. The number of fused-ring (bicyclic) bond motifs is 1. The van der Waals surface area contributed by atoms with Gasteiger partial charge in [-0.25, -0.2) is 9.38 Å². The maximum absolute atomic E-state index is 13.3. The van der Waals surface area contributed by atoms with Crippen LogP contribution in [-0.4, -0.2) is 22.5 Å². The average molecular weight is 734 g/mol. The predicted octanol–water partition coefficient (Wildman–Crippen LogP) is 8.39. The lowest BCUT2D eigenvalue weighted by molar-refractivity contribution is -0.122. The molecule has 4 aromatic carbocycles. The molecular formula is C29H21FI2N2O2S. The van der Waals surface area contributed by atoms with E-state index >= 15 is 0 Å². The molecule has 0 unspecified atom stereocenters. The van der Waals surface area contributed by atoms with Crippen molar-refractivity contribution in [2.45, 2.75) is 13.5 Å². The van der Waals surface area contributed by atoms with E-state index in [4.69, 9.17) is 4.74 Å². The van der Waals surface area contributed by atoms with Crippen molar-refractivity contribution >= 4 is 90.6 Å². The number of amides is 1. The molecule has 0 saturated carbocycles. The van der Waals surface area contributed by atoms with Gasteiger partial charge in [0, 0.05) is 6.54 Å². The SMILES string of the molecule is CCN1C(=O)/C(=C\c2cc(I)c(OCc3ccc4ccccc4c3)c(I)c2)SC1=Nc1ccc(F)cc1. The van der Waals surface area contributed by atoms with Crippen molar-refractivity contribution in [2.75, 3.05) is 6.54 Å². The summed E-state index contributed by atoms with van der Waals surface area (Å²) in [5.41, 5.74) is 2.63. The molecule has 4 nitrogen and oxygen atoms in total. The Morgan fingerprint density at radius 1 is 0.973 bits per heavy atom. The Hall–Kier alpha value is -2.44. The predicted molar refractivity (Wildman–Crippen MR) is 167 cm³/mol. The van der Waals surface area contributed by atoms with Crippen molar-refractivity contribution in [1.82, 2.24) is 4.90 Å². The number of ether oxygens (including phenoxy) is 1. The largest absolute Gasteiger partial charge is 0.487 e. The number of carbonyl (C=O) groups is 1. The molecule has 8 heteroatoms. The first-order valence-electron chi connectivity index (χ1n) is 11.6. The number of amidine groups is 1. The van der Waals surface area contributed by atoms with Gasteiger partial charge in [0.05, 0.1) is 17.7 Å². The Labute approximate surface area is 246 Å². The molecule has 1 heterocycles. The molecule has 0 aliphatic carbocycles. The molecule has 0 aromatic heterocycles. The number of hydrogen-bond acceptors (Lipinski definition) is 4. The van der Waals surface area contributed by atoms with Crippen LogP contribution >= 0.6 is 56.9 Å². The van der Waals surface area contributed by atoms with E-state index in [1.807, 2.05) is 37.3 Å². The van der Waals surface area contributed by atoms with Gasteiger partial charge in [-0.1, -0.05) is 36.4 Å². The number of aliphatic imine (C=N–C) groups is 1. The molecule has 1 amide bonds. The van der Waals surface area contributed by atoms with Gasteiger partial charge in [0.2, 0.25) is 0 Å². The summed E-state index contributed by atoms with van der Waals surface area (Å²) in [6.45, 7) is 2.88. The quantitative estimate of drug-likeness (QED) is 0.148. The Bertz CT molecular complexity index is 1530. The van der Waals surface area contributed by atoms with Crippen molar-refractivity contribution in [3.63, 3.8) is 0 Å². The van der Waals surface area contributed by atoms with E-state index in [1.54, 1.807) is 17.0 Å². The van der Waals surface area contributed by atoms with Gasteiger partial charge < -0.3 is 4.74 Å². The van der Waals surface area contributed by atoms with Crippen molar-refractivity contribution in [1.29, 1.82) is 0 Å². The number of rotatable bonds is 6. The van der Waals surface area contributed by atoms with Crippen LogP contribution in [0.25, 0.3) is 16.8 Å². The smallest absolute Gasteiger partial charge is 0.266 e. The summed E-state index contributed by atoms with van der Waals surface area (Å²) in [7, 11) is 0. The molecule has 37 heavy (non-hydrogen) atoms. The number of halogens is 3. The highest BCUT2D eigenvalue weighted by molar-refractivity contribution is 14.1. The van der Waals surface area contributed by atoms with Gasteiger partial charge in [-0.3, -0.25) is 9.69 Å². The van der Waals surface area contributed by atoms with E-state index in [0.29, 0.717) is 28.9 Å². The van der Waals surface area contributed by atoms with Crippen LogP contribution in [0.4, 0.5) is 10.1 Å². The van der Waals surface area contributed by atoms with E-state index in [0.717, 1.165) is 24.0 Å². The second kappa shape index (κ2) is 11.5. The first-order valence-corrected chi connectivity index (χ1v) is 14.5. The van der Waals surface area contributed by atoms with Gasteiger partial charge in [0.1, 0.15) is 18.2 Å². The molecule has 0 bridgehead atoms. The van der Waals surface area contributed by atoms with Gasteiger partial charge in [0.15, 0.2) is 5.17 Å². The second-order valence-corrected chi connectivity index (χ2v) is 11.6. The van der Waals surface area contributed by atoms with Crippen molar-refractivity contribution < 1.29 is 13.9 Å². The minimum absolute atomic E-state index is 0.0880. The first-order chi connectivity index (χ1) is 17.9. The zero-order valence-corrected chi connectivity index (χ0v) is 24.9. The standard InChI is InChI=1S/C29H21FI2N2O2S/c1-2-34-28(35)26(37-29(34)33-23-11-9-22(30)10-12-23)16-19-14-24(31)27(25(32)15-19)36-17-18-7-8-20-5-3-4-6-21(20)13-18/h3-16H,2,17H2,1H3/b26-16+,33-29?. The number of benzene rings is 4. The lowest BCUT2D eigenvalue weighted by Crippen LogP contribution is -2.28. The summed E-state index contributed by atoms with van der Waals surface area (Å²) in [6, 6.07) is 24.6. The lowest BCUT2D eigenvalue weighted by atomic mass is 10.1. The molecule has 5 rings (SSSR count). The fourth-order valence-electron chi connectivity index (χ4n) is 3.93. The zero-order chi connectivity index (χ0) is 25.9. The summed E-state index contributed by atoms with van der Waals surface area (Å²) >= 11 is 5.88. The lowest BCUT2D eigenvalue weighted by Gasteiger charge is -2.12. The van der Waals surface area contributed by atoms with Crippen LogP contribution < -0.4 is 4.74 Å². The number of thioether (sulfide) groups is 1. The fourth-order valence-corrected chi connectivity index (χ4v) is 7.12. The molecule has 4 aromatic rings. The van der Waals surface area contributed by atoms with Crippen LogP contribution in [0.15, 0.2) is 88.8 Å². The van der Waals surface area contributed by atoms with Crippen molar-refractivity contribution in [3.05, 3.63) is 108 Å². The van der Waals surface area contributed by atoms with E-state index in [2.05, 4.69) is 80.5 Å². The number of hydrogen-bond donors (Lipinski definition) is 0. The number of nitrogens with zero attached hydrogens (tertiary/aromatic N) is 2. The third kappa shape index (κ3) is 6.01. The highest BCUT2D eigenvalue weighted by atomic mass is 127. The van der Waals surface area contributed by atoms with Crippen LogP contribution in [0.5, 0.6) is 5.75 Å². The Kier molecular flexibility index (Phi) is 8.15. The normalized spacial score (nSPS) is 15.8. The maximum Gasteiger partial charge on any atom is 0.266 e. The van der Waals surface area contributed by atoms with Crippen LogP contribution in [-0.2, 0) is 11.4 Å². The van der Waals surface area contributed by atoms with E-state index < -0.39 is 0 Å². The van der Waals surface area contributed by atoms with Crippen LogP contribution in [0, 0.1) is 13.0 Å². The molecule has 0 spiro atoms. The third-order valence-corrected chi connectivity index (χ3v) is 8.38. The van der Waals surface area contributed by atoms with Gasteiger partial charge in [-0.2, -0.15) is 0 Å². The molecule has 0 radical (unpaired) electrons. The monoisotopic (exact) mass is 734 g/mol. The van der Waals surface area contributed by atoms with Crippen LogP contribution in [0.1, 0.15) is 18.1 Å². The topological polar surface area (TPSA) is 41.9 Å². The van der Waals surface area contributed by atoms with E-state index in [9.17, 15) is 9.18 Å². The fraction of sp³-hybridized carbons (Fsp3) is 0.103. The van der Waals surface area contributed by atoms with Crippen molar-refractivity contribution in [2.24, 2.45) is 4.99 Å². The Balaban J connectivity index is 1.35. The van der Waals surface area contributed by atoms with Gasteiger partial charge >= 0.3 is 0 Å². The minimum atomic E-state index is -0.319. The van der Waals surface area contributed by atoms with Gasteiger partial charge in [-0.05, 0) is 134 Å². The summed E-state index contributed by atoms with van der Waals surface area (Å²) < 4.78 is 21.4. The van der Waals surface area contributed by atoms with Gasteiger partial charge in [-0.15, -0.1) is 0 Å². The molecule has 1 saturated heterocycles. The number of likely N-dealkylation sites (N-methyl/N-ethyl adjacent to an activating group) is 1. The van der Waals surface area contributed by atoms with Crippen molar-refractivity contribution in [3.8, 4) is 5.75 Å². The molecule has 1 aliphatic rings. The highest BCUT2D eigenvalue weighted by Crippen LogP contribution is 2.36. The van der Waals surface area contributed by atoms with E-state index in [-0.39, 0.29) is 11.7 Å². The molecule has 0 N–H and O–H groups in total. The zero-order valence-electron chi connectivity index (χ0n) is 19.8. The van der Waals surface area contributed by atoms with E-state index in [1.165, 1.54) is 34.7 Å². The molecule has 0 atom stereocenters. The Morgan fingerprint density at radius 2 is 1.68 bits per heavy atom. The summed E-state index contributed by atoms with van der Waals surface area (Å²) in [6.07, 6.45) is 1.89. The molecule has 1 fully saturated rings. The third-order valence-electron chi connectivity index (χ3n) is 5.77. The van der Waals surface area contributed by atoms with Crippen LogP contribution in [0.3, 0.4) is 0 Å². The summed E-state index contributed by atoms with van der Waals surface area (Å²) in [5, 5.41) is 2.99. The maximum atomic E-state index is 13.3.